The van der Waals surface area contributed by atoms with Gasteiger partial charge < -0.3 is 9.47 Å². The van der Waals surface area contributed by atoms with Gasteiger partial charge in [0.15, 0.2) is 0 Å². The fourth-order valence-corrected chi connectivity index (χ4v) is 5.84. The molecule has 0 saturated carbocycles. The third-order valence-corrected chi connectivity index (χ3v) is 7.64. The lowest BCUT2D eigenvalue weighted by molar-refractivity contribution is 0.341. The van der Waals surface area contributed by atoms with Gasteiger partial charge in [-0.15, -0.1) is 0 Å². The maximum atomic E-state index is 6.40. The Kier molecular flexibility index (Phi) is 6.57. The highest BCUT2D eigenvalue weighted by Crippen LogP contribution is 2.45. The second kappa shape index (κ2) is 9.88. The van der Waals surface area contributed by atoms with E-state index in [0.717, 1.165) is 34.1 Å². The quantitative estimate of drug-likeness (QED) is 0.282. The number of ether oxygens (including phenoxy) is 2. The first-order valence-electron chi connectivity index (χ1n) is 10.9. The van der Waals surface area contributed by atoms with E-state index in [9.17, 15) is 0 Å². The van der Waals surface area contributed by atoms with Crippen molar-refractivity contribution in [2.24, 2.45) is 0 Å². The molecule has 0 saturated heterocycles. The van der Waals surface area contributed by atoms with Crippen molar-refractivity contribution in [3.63, 3.8) is 0 Å². The number of hydrogen-bond acceptors (Lipinski definition) is 4. The van der Waals surface area contributed by atoms with Gasteiger partial charge in [-0.3, -0.25) is 0 Å². The molecule has 1 aliphatic heterocycles. The largest absolute Gasteiger partial charge is 0.492 e. The fraction of sp³-hybridized carbons (Fsp3) is 0.259. The van der Waals surface area contributed by atoms with Crippen molar-refractivity contribution in [1.29, 1.82) is 0 Å². The topological polar surface area (TPSA) is 18.5 Å². The van der Waals surface area contributed by atoms with Gasteiger partial charge in [0, 0.05) is 22.6 Å². The molecule has 5 rings (SSSR count). The third-order valence-electron chi connectivity index (χ3n) is 5.58. The van der Waals surface area contributed by atoms with Gasteiger partial charge in [-0.25, -0.2) is 0 Å². The second-order valence-corrected chi connectivity index (χ2v) is 10.0. The first-order chi connectivity index (χ1) is 15.4. The molecule has 158 valence electrons. The Hall–Kier alpha value is -2.30. The average Bonchev–Trinajstić information content (AvgIpc) is 2.82. The van der Waals surface area contributed by atoms with Crippen LogP contribution in [-0.2, 0) is 0 Å². The average molecular weight is 447 g/mol. The minimum Gasteiger partial charge on any atom is -0.492 e. The molecule has 0 bridgehead atoms. The molecule has 0 unspecified atom stereocenters. The van der Waals surface area contributed by atoms with Gasteiger partial charge in [0.25, 0.3) is 0 Å². The zero-order chi connectivity index (χ0) is 20.9. The van der Waals surface area contributed by atoms with Crippen molar-refractivity contribution < 1.29 is 9.47 Å². The SMILES string of the molecule is c1ccc2c3c(ccc2c1)OCCSCCCSCCOc1ccc2ccccc2c1-3. The number of benzene rings is 4. The lowest BCUT2D eigenvalue weighted by atomic mass is 9.92. The van der Waals surface area contributed by atoms with E-state index < -0.39 is 0 Å². The monoisotopic (exact) mass is 446 g/mol. The minimum absolute atomic E-state index is 0.712. The van der Waals surface area contributed by atoms with Gasteiger partial charge >= 0.3 is 0 Å². The van der Waals surface area contributed by atoms with Crippen LogP contribution in [-0.4, -0.2) is 36.2 Å². The summed E-state index contributed by atoms with van der Waals surface area (Å²) in [6.07, 6.45) is 1.23. The fourth-order valence-electron chi connectivity index (χ4n) is 4.15. The van der Waals surface area contributed by atoms with Crippen LogP contribution in [0.3, 0.4) is 0 Å². The van der Waals surface area contributed by atoms with Crippen molar-refractivity contribution in [2.45, 2.75) is 6.42 Å². The molecule has 0 amide bonds. The van der Waals surface area contributed by atoms with Gasteiger partial charge in [-0.2, -0.15) is 23.5 Å². The van der Waals surface area contributed by atoms with Gasteiger partial charge in [0.05, 0.1) is 13.2 Å². The summed E-state index contributed by atoms with van der Waals surface area (Å²) >= 11 is 3.96. The minimum atomic E-state index is 0.712. The molecule has 0 radical (unpaired) electrons. The Labute approximate surface area is 192 Å². The Morgan fingerprint density at radius 3 is 1.52 bits per heavy atom. The molecule has 31 heavy (non-hydrogen) atoms. The van der Waals surface area contributed by atoms with Gasteiger partial charge in [0.2, 0.25) is 0 Å². The van der Waals surface area contributed by atoms with Crippen molar-refractivity contribution >= 4 is 45.1 Å². The summed E-state index contributed by atoms with van der Waals surface area (Å²) in [4.78, 5) is 0. The van der Waals surface area contributed by atoms with Crippen molar-refractivity contribution in [1.82, 2.24) is 0 Å². The lowest BCUT2D eigenvalue weighted by Crippen LogP contribution is -2.04. The molecule has 1 heterocycles. The molecule has 0 fully saturated rings. The molecule has 1 aliphatic rings. The van der Waals surface area contributed by atoms with E-state index in [1.807, 2.05) is 23.5 Å². The highest BCUT2D eigenvalue weighted by molar-refractivity contribution is 8.00. The Morgan fingerprint density at radius 1 is 0.516 bits per heavy atom. The normalized spacial score (nSPS) is 15.7. The first kappa shape index (κ1) is 20.6. The molecule has 4 heteroatoms. The summed E-state index contributed by atoms with van der Waals surface area (Å²) in [5, 5.41) is 4.83. The van der Waals surface area contributed by atoms with Crippen LogP contribution in [0.5, 0.6) is 11.5 Å². The predicted molar refractivity (Wildman–Crippen MR) is 137 cm³/mol. The summed E-state index contributed by atoms with van der Waals surface area (Å²) in [6, 6.07) is 25.7. The number of thioether (sulfide) groups is 2. The molecular formula is C27H26O2S2. The molecule has 0 N–H and O–H groups in total. The maximum Gasteiger partial charge on any atom is 0.127 e. The summed E-state index contributed by atoms with van der Waals surface area (Å²) in [7, 11) is 0. The van der Waals surface area contributed by atoms with E-state index >= 15 is 0 Å². The summed E-state index contributed by atoms with van der Waals surface area (Å²) in [6.45, 7) is 1.42. The Morgan fingerprint density at radius 2 is 1.00 bits per heavy atom. The van der Waals surface area contributed by atoms with Crippen molar-refractivity contribution in [3.8, 4) is 22.6 Å². The number of rotatable bonds is 0. The van der Waals surface area contributed by atoms with Gasteiger partial charge in [-0.05, 0) is 51.6 Å². The Balaban J connectivity index is 1.73. The van der Waals surface area contributed by atoms with E-state index in [2.05, 4.69) is 72.8 Å². The van der Waals surface area contributed by atoms with Crippen LogP contribution in [0.1, 0.15) is 6.42 Å². The van der Waals surface area contributed by atoms with E-state index in [1.54, 1.807) is 0 Å². The van der Waals surface area contributed by atoms with Gasteiger partial charge in [0.1, 0.15) is 11.5 Å². The van der Waals surface area contributed by atoms with E-state index in [1.165, 1.54) is 39.5 Å². The zero-order valence-corrected chi connectivity index (χ0v) is 19.1. The van der Waals surface area contributed by atoms with Crippen LogP contribution in [0.2, 0.25) is 0 Å². The summed E-state index contributed by atoms with van der Waals surface area (Å²) in [5.41, 5.74) is 2.27. The molecular weight excluding hydrogens is 420 g/mol. The molecule has 0 aliphatic carbocycles. The zero-order valence-electron chi connectivity index (χ0n) is 17.5. The van der Waals surface area contributed by atoms with Crippen molar-refractivity contribution in [3.05, 3.63) is 72.8 Å². The maximum absolute atomic E-state index is 6.40. The summed E-state index contributed by atoms with van der Waals surface area (Å²) < 4.78 is 12.8. The van der Waals surface area contributed by atoms with E-state index in [0.29, 0.717) is 13.2 Å². The smallest absolute Gasteiger partial charge is 0.127 e. The van der Waals surface area contributed by atoms with E-state index in [4.69, 9.17) is 9.47 Å². The van der Waals surface area contributed by atoms with Crippen LogP contribution in [0.25, 0.3) is 32.7 Å². The van der Waals surface area contributed by atoms with Crippen LogP contribution >= 0.6 is 23.5 Å². The summed E-state index contributed by atoms with van der Waals surface area (Å²) in [5.74, 6) is 6.26. The number of hydrogen-bond donors (Lipinski definition) is 0. The molecule has 2 nitrogen and oxygen atoms in total. The highest BCUT2D eigenvalue weighted by atomic mass is 32.2. The molecule has 0 atom stereocenters. The third kappa shape index (κ3) is 4.51. The molecule has 4 aromatic rings. The van der Waals surface area contributed by atoms with Crippen LogP contribution < -0.4 is 9.47 Å². The lowest BCUT2D eigenvalue weighted by Gasteiger charge is -2.19. The van der Waals surface area contributed by atoms with Crippen LogP contribution in [0.4, 0.5) is 0 Å². The molecule has 4 aromatic carbocycles. The highest BCUT2D eigenvalue weighted by Gasteiger charge is 2.19. The van der Waals surface area contributed by atoms with Gasteiger partial charge in [-0.1, -0.05) is 60.7 Å². The molecule has 0 aromatic heterocycles. The molecule has 0 spiro atoms. The van der Waals surface area contributed by atoms with Crippen LogP contribution in [0, 0.1) is 0 Å². The van der Waals surface area contributed by atoms with Crippen LogP contribution in [0.15, 0.2) is 72.8 Å². The number of fused-ring (bicyclic) bond motifs is 7. The first-order valence-corrected chi connectivity index (χ1v) is 13.2. The Bertz CT molecular complexity index is 1100. The van der Waals surface area contributed by atoms with E-state index in [-0.39, 0.29) is 0 Å². The van der Waals surface area contributed by atoms with Crippen molar-refractivity contribution in [2.75, 3.05) is 36.2 Å². The standard InChI is InChI=1S/C27H26O2S2/c1-3-8-22-20(6-1)10-12-24-26(22)27-23-9-4-2-7-21(23)11-13-25(27)29-15-19-31-17-5-16-30-18-14-28-24/h1-4,6-13H,5,14-19H2. The second-order valence-electron chi connectivity index (χ2n) is 7.59. The predicted octanol–water partition coefficient (Wildman–Crippen LogP) is 7.29.